The van der Waals surface area contributed by atoms with Gasteiger partial charge in [0.1, 0.15) is 5.00 Å². The number of thiazole rings is 1. The van der Waals surface area contributed by atoms with Crippen molar-refractivity contribution in [1.29, 1.82) is 0 Å². The van der Waals surface area contributed by atoms with Crippen LogP contribution in [0.2, 0.25) is 0 Å². The van der Waals surface area contributed by atoms with Gasteiger partial charge in [-0.2, -0.15) is 0 Å². The lowest BCUT2D eigenvalue weighted by atomic mass is 10.2. The molecule has 0 aliphatic heterocycles. The molecule has 0 saturated carbocycles. The average molecular weight is 480 g/mol. The molecule has 0 bridgehead atoms. The summed E-state index contributed by atoms with van der Waals surface area (Å²) in [4.78, 5) is 6.27. The molecule has 2 aromatic carbocycles. The summed E-state index contributed by atoms with van der Waals surface area (Å²) < 4.78 is 52.4. The number of hydrogen-bond donors (Lipinski definition) is 1. The number of aryl methyl sites for hydroxylation is 1. The summed E-state index contributed by atoms with van der Waals surface area (Å²) in [5, 5.41) is 3.05. The Morgan fingerprint density at radius 3 is 2.13 bits per heavy atom. The van der Waals surface area contributed by atoms with Gasteiger partial charge < -0.3 is 10.2 Å². The zero-order chi connectivity index (χ0) is 22.6. The van der Waals surface area contributed by atoms with E-state index in [4.69, 9.17) is 0 Å². The van der Waals surface area contributed by atoms with Crippen LogP contribution in [0.5, 0.6) is 0 Å². The predicted octanol–water partition coefficient (Wildman–Crippen LogP) is 3.48. The Hall–Kier alpha value is -2.27. The first kappa shape index (κ1) is 23.4. The summed E-state index contributed by atoms with van der Waals surface area (Å²) in [7, 11) is -4.04. The highest BCUT2D eigenvalue weighted by molar-refractivity contribution is 7.94. The van der Waals surface area contributed by atoms with E-state index in [-0.39, 0.29) is 24.2 Å². The average Bonchev–Trinajstić information content (AvgIpc) is 3.18. The van der Waals surface area contributed by atoms with Gasteiger partial charge in [-0.25, -0.2) is 21.8 Å². The van der Waals surface area contributed by atoms with Gasteiger partial charge in [0.2, 0.25) is 24.0 Å². The van der Waals surface area contributed by atoms with Gasteiger partial charge in [0.05, 0.1) is 9.79 Å². The van der Waals surface area contributed by atoms with Gasteiger partial charge in [0.25, 0.3) is 0 Å². The zero-order valence-corrected chi connectivity index (χ0v) is 20.0. The van der Waals surface area contributed by atoms with Crippen LogP contribution in [0.1, 0.15) is 12.0 Å². The minimum atomic E-state index is -4.00. The molecule has 0 amide bonds. The molecule has 0 saturated heterocycles. The fourth-order valence-electron chi connectivity index (χ4n) is 2.82. The summed E-state index contributed by atoms with van der Waals surface area (Å²) in [5.41, 5.74) is 0.923. The summed E-state index contributed by atoms with van der Waals surface area (Å²) in [6, 6.07) is 14.3. The third kappa shape index (κ3) is 5.32. The molecule has 7 nitrogen and oxygen atoms in total. The molecule has 10 heteroatoms. The van der Waals surface area contributed by atoms with Crippen molar-refractivity contribution in [3.05, 3.63) is 60.2 Å². The number of sulfone groups is 2. The number of nitrogens with one attached hydrogen (secondary N) is 1. The molecule has 31 heavy (non-hydrogen) atoms. The van der Waals surface area contributed by atoms with Gasteiger partial charge in [-0.1, -0.05) is 47.2 Å². The lowest BCUT2D eigenvalue weighted by molar-refractivity contribution is 0.405. The summed E-state index contributed by atoms with van der Waals surface area (Å²) in [6.45, 7) is 3.16. The molecule has 3 rings (SSSR count). The standard InChI is InChI=1S/C21H25N3O4S3/c1-16-10-12-18(13-11-16)30(25,26)20-19(22-14-7-15-24(2)3)29-21(23-20)31(27,28)17-8-5-4-6-9-17/h4-6,8-13,22H,7,14-15H2,1-3H3. The molecular weight excluding hydrogens is 454 g/mol. The van der Waals surface area contributed by atoms with Crippen LogP contribution in [0.3, 0.4) is 0 Å². The largest absolute Gasteiger partial charge is 0.374 e. The van der Waals surface area contributed by atoms with Crippen LogP contribution in [0.25, 0.3) is 0 Å². The first-order valence-electron chi connectivity index (χ1n) is 9.63. The number of benzene rings is 2. The summed E-state index contributed by atoms with van der Waals surface area (Å²) >= 11 is 0.842. The molecule has 0 spiro atoms. The Kier molecular flexibility index (Phi) is 7.15. The van der Waals surface area contributed by atoms with E-state index in [2.05, 4.69) is 10.3 Å². The van der Waals surface area contributed by atoms with E-state index in [1.807, 2.05) is 25.9 Å². The van der Waals surface area contributed by atoms with E-state index in [1.165, 1.54) is 24.3 Å². The Labute approximate surface area is 187 Å². The van der Waals surface area contributed by atoms with Gasteiger partial charge in [-0.3, -0.25) is 0 Å². The second-order valence-electron chi connectivity index (χ2n) is 7.33. The van der Waals surface area contributed by atoms with E-state index in [1.54, 1.807) is 30.3 Å². The van der Waals surface area contributed by atoms with Gasteiger partial charge in [-0.15, -0.1) is 0 Å². The topological polar surface area (TPSA) is 96.4 Å². The molecule has 0 unspecified atom stereocenters. The van der Waals surface area contributed by atoms with E-state index in [0.29, 0.717) is 6.54 Å². The first-order valence-corrected chi connectivity index (χ1v) is 13.4. The highest BCUT2D eigenvalue weighted by atomic mass is 32.2. The molecule has 1 aromatic heterocycles. The predicted molar refractivity (Wildman–Crippen MR) is 122 cm³/mol. The van der Waals surface area contributed by atoms with E-state index in [0.717, 1.165) is 29.9 Å². The van der Waals surface area contributed by atoms with E-state index < -0.39 is 19.7 Å². The lowest BCUT2D eigenvalue weighted by Gasteiger charge is -2.10. The first-order chi connectivity index (χ1) is 14.6. The highest BCUT2D eigenvalue weighted by Crippen LogP contribution is 2.36. The van der Waals surface area contributed by atoms with E-state index in [9.17, 15) is 16.8 Å². The van der Waals surface area contributed by atoms with Crippen molar-refractivity contribution >= 4 is 36.0 Å². The van der Waals surface area contributed by atoms with Crippen LogP contribution in [0, 0.1) is 6.92 Å². The minimum Gasteiger partial charge on any atom is -0.374 e. The Morgan fingerprint density at radius 1 is 0.903 bits per heavy atom. The maximum atomic E-state index is 13.3. The quantitative estimate of drug-likeness (QED) is 0.469. The van der Waals surface area contributed by atoms with Gasteiger partial charge in [0, 0.05) is 6.54 Å². The Bertz CT molecular complexity index is 1230. The second-order valence-corrected chi connectivity index (χ2v) is 12.3. The van der Waals surface area contributed by atoms with Crippen LogP contribution < -0.4 is 5.32 Å². The van der Waals surface area contributed by atoms with Gasteiger partial charge in [0.15, 0.2) is 5.03 Å². The van der Waals surface area contributed by atoms with Gasteiger partial charge in [-0.05, 0) is 58.3 Å². The molecule has 0 atom stereocenters. The maximum Gasteiger partial charge on any atom is 0.233 e. The lowest BCUT2D eigenvalue weighted by Crippen LogP contribution is -2.16. The Morgan fingerprint density at radius 2 is 1.52 bits per heavy atom. The normalized spacial score (nSPS) is 12.3. The molecule has 0 aliphatic carbocycles. The van der Waals surface area contributed by atoms with Crippen LogP contribution in [-0.2, 0) is 19.7 Å². The number of hydrogen-bond acceptors (Lipinski definition) is 8. The zero-order valence-electron chi connectivity index (χ0n) is 17.6. The van der Waals surface area contributed by atoms with Crippen LogP contribution in [0.15, 0.2) is 73.8 Å². The molecule has 3 aromatic rings. The van der Waals surface area contributed by atoms with Crippen molar-refractivity contribution in [2.45, 2.75) is 32.5 Å². The maximum absolute atomic E-state index is 13.3. The summed E-state index contributed by atoms with van der Waals surface area (Å²) in [5.74, 6) is 0. The third-order valence-electron chi connectivity index (χ3n) is 4.51. The minimum absolute atomic E-state index is 0.0715. The Balaban J connectivity index is 2.05. The van der Waals surface area contributed by atoms with Crippen molar-refractivity contribution in [2.24, 2.45) is 0 Å². The van der Waals surface area contributed by atoms with Gasteiger partial charge >= 0.3 is 0 Å². The fourth-order valence-corrected chi connectivity index (χ4v) is 7.16. The third-order valence-corrected chi connectivity index (χ3v) is 9.50. The SMILES string of the molecule is Cc1ccc(S(=O)(=O)c2nc(S(=O)(=O)c3ccccc3)sc2NCCCN(C)C)cc1. The number of nitrogens with zero attached hydrogens (tertiary/aromatic N) is 2. The molecule has 0 aliphatic rings. The fraction of sp³-hybridized carbons (Fsp3) is 0.286. The van der Waals surface area contributed by atoms with Crippen molar-refractivity contribution in [1.82, 2.24) is 9.88 Å². The van der Waals surface area contributed by atoms with Crippen LogP contribution >= 0.6 is 11.3 Å². The van der Waals surface area contributed by atoms with Crippen molar-refractivity contribution in [3.63, 3.8) is 0 Å². The molecule has 0 radical (unpaired) electrons. The number of aromatic nitrogens is 1. The summed E-state index contributed by atoms with van der Waals surface area (Å²) in [6.07, 6.45) is 0.760. The molecule has 1 N–H and O–H groups in total. The van der Waals surface area contributed by atoms with Crippen molar-refractivity contribution < 1.29 is 16.8 Å². The molecular formula is C21H25N3O4S3. The number of anilines is 1. The smallest absolute Gasteiger partial charge is 0.233 e. The molecule has 166 valence electrons. The van der Waals surface area contributed by atoms with Crippen LogP contribution in [-0.4, -0.2) is 53.9 Å². The van der Waals surface area contributed by atoms with Crippen molar-refractivity contribution in [3.8, 4) is 0 Å². The monoisotopic (exact) mass is 479 g/mol. The van der Waals surface area contributed by atoms with E-state index >= 15 is 0 Å². The molecule has 0 fully saturated rings. The number of rotatable bonds is 9. The van der Waals surface area contributed by atoms with Crippen molar-refractivity contribution in [2.75, 3.05) is 32.5 Å². The molecule has 1 heterocycles. The van der Waals surface area contributed by atoms with Crippen LogP contribution in [0.4, 0.5) is 5.00 Å². The highest BCUT2D eigenvalue weighted by Gasteiger charge is 2.31. The second kappa shape index (κ2) is 9.47.